The lowest BCUT2D eigenvalue weighted by Gasteiger charge is -2.31. The molecule has 2 rings (SSSR count). The van der Waals surface area contributed by atoms with Crippen LogP contribution in [0.3, 0.4) is 0 Å². The van der Waals surface area contributed by atoms with Crippen LogP contribution in [0.4, 0.5) is 5.69 Å². The van der Waals surface area contributed by atoms with Gasteiger partial charge in [-0.15, -0.1) is 0 Å². The van der Waals surface area contributed by atoms with E-state index in [1.807, 2.05) is 19.9 Å². The molecule has 5 heteroatoms. The normalized spacial score (nSPS) is 17.0. The van der Waals surface area contributed by atoms with Gasteiger partial charge in [0.15, 0.2) is 5.84 Å². The van der Waals surface area contributed by atoms with Crippen molar-refractivity contribution >= 4 is 11.5 Å². The number of piperidine rings is 1. The third kappa shape index (κ3) is 2.39. The topological polar surface area (TPSA) is 74.7 Å². The van der Waals surface area contributed by atoms with E-state index in [1.54, 1.807) is 0 Å². The molecule has 0 aromatic carbocycles. The maximum absolute atomic E-state index is 8.92. The second-order valence-corrected chi connectivity index (χ2v) is 4.78. The molecule has 1 aliphatic heterocycles. The van der Waals surface area contributed by atoms with Crippen molar-refractivity contribution in [2.45, 2.75) is 33.1 Å². The molecule has 18 heavy (non-hydrogen) atoms. The fraction of sp³-hybridized carbons (Fsp3) is 0.538. The van der Waals surface area contributed by atoms with E-state index in [4.69, 9.17) is 10.9 Å². The average molecular weight is 248 g/mol. The Kier molecular flexibility index (Phi) is 3.69. The predicted molar refractivity (Wildman–Crippen MR) is 72.3 cm³/mol. The minimum Gasteiger partial charge on any atom is -0.409 e. The second kappa shape index (κ2) is 5.25. The van der Waals surface area contributed by atoms with Crippen LogP contribution in [0.25, 0.3) is 0 Å². The summed E-state index contributed by atoms with van der Waals surface area (Å²) in [5, 5.41) is 12.1. The first-order valence-electron chi connectivity index (χ1n) is 6.34. The van der Waals surface area contributed by atoms with Crippen LogP contribution in [-0.2, 0) is 0 Å². The van der Waals surface area contributed by atoms with Crippen LogP contribution in [0, 0.1) is 13.8 Å². The molecular weight excluding hydrogens is 228 g/mol. The number of hydrogen-bond donors (Lipinski definition) is 2. The minimum absolute atomic E-state index is 0.139. The average Bonchev–Trinajstić information content (AvgIpc) is 2.38. The third-order valence-corrected chi connectivity index (χ3v) is 3.37. The van der Waals surface area contributed by atoms with E-state index in [0.717, 1.165) is 35.7 Å². The van der Waals surface area contributed by atoms with E-state index in [0.29, 0.717) is 0 Å². The molecule has 1 saturated heterocycles. The van der Waals surface area contributed by atoms with Gasteiger partial charge in [0.1, 0.15) is 0 Å². The molecule has 0 bridgehead atoms. The van der Waals surface area contributed by atoms with E-state index in [1.165, 1.54) is 19.3 Å². The molecule has 5 nitrogen and oxygen atoms in total. The van der Waals surface area contributed by atoms with E-state index in [-0.39, 0.29) is 5.84 Å². The lowest BCUT2D eigenvalue weighted by Crippen LogP contribution is -2.32. The van der Waals surface area contributed by atoms with Gasteiger partial charge in [0.05, 0.1) is 16.9 Å². The molecule has 0 spiro atoms. The Morgan fingerprint density at radius 2 is 2.00 bits per heavy atom. The van der Waals surface area contributed by atoms with Crippen molar-refractivity contribution in [3.05, 3.63) is 23.0 Å². The molecule has 3 N–H and O–H groups in total. The first-order chi connectivity index (χ1) is 8.63. The van der Waals surface area contributed by atoms with Gasteiger partial charge in [-0.1, -0.05) is 5.16 Å². The Hall–Kier alpha value is -1.78. The zero-order chi connectivity index (χ0) is 13.1. The summed E-state index contributed by atoms with van der Waals surface area (Å²) >= 11 is 0. The highest BCUT2D eigenvalue weighted by molar-refractivity contribution is 6.03. The van der Waals surface area contributed by atoms with Crippen LogP contribution < -0.4 is 10.6 Å². The Morgan fingerprint density at radius 1 is 1.33 bits per heavy atom. The van der Waals surface area contributed by atoms with Gasteiger partial charge >= 0.3 is 0 Å². The number of anilines is 1. The summed E-state index contributed by atoms with van der Waals surface area (Å²) in [4.78, 5) is 6.70. The molecule has 1 aromatic rings. The minimum atomic E-state index is 0.139. The quantitative estimate of drug-likeness (QED) is 0.362. The molecule has 1 aliphatic rings. The van der Waals surface area contributed by atoms with Gasteiger partial charge in [-0.05, 0) is 39.2 Å². The maximum Gasteiger partial charge on any atom is 0.174 e. The number of aryl methyl sites for hydroxylation is 2. The summed E-state index contributed by atoms with van der Waals surface area (Å²) in [7, 11) is 0. The number of pyridine rings is 1. The van der Waals surface area contributed by atoms with Gasteiger partial charge < -0.3 is 15.8 Å². The summed E-state index contributed by atoms with van der Waals surface area (Å²) in [5.74, 6) is 0.139. The van der Waals surface area contributed by atoms with Crippen molar-refractivity contribution in [2.24, 2.45) is 10.9 Å². The highest BCUT2D eigenvalue weighted by atomic mass is 16.4. The first-order valence-corrected chi connectivity index (χ1v) is 6.34. The molecule has 2 heterocycles. The Morgan fingerprint density at radius 3 is 2.61 bits per heavy atom. The first kappa shape index (κ1) is 12.7. The van der Waals surface area contributed by atoms with Gasteiger partial charge in [0.2, 0.25) is 0 Å². The molecule has 0 saturated carbocycles. The molecule has 1 aromatic heterocycles. The number of rotatable bonds is 2. The van der Waals surface area contributed by atoms with E-state index < -0.39 is 0 Å². The fourth-order valence-corrected chi connectivity index (χ4v) is 2.56. The van der Waals surface area contributed by atoms with Gasteiger partial charge in [-0.2, -0.15) is 0 Å². The summed E-state index contributed by atoms with van der Waals surface area (Å²) in [6, 6.07) is 2.02. The van der Waals surface area contributed by atoms with Gasteiger partial charge in [-0.3, -0.25) is 4.98 Å². The number of amidine groups is 1. The van der Waals surface area contributed by atoms with Crippen molar-refractivity contribution in [3.63, 3.8) is 0 Å². The van der Waals surface area contributed by atoms with Gasteiger partial charge in [0, 0.05) is 18.8 Å². The van der Waals surface area contributed by atoms with Crippen LogP contribution in [0.2, 0.25) is 0 Å². The molecule has 0 aliphatic carbocycles. The van der Waals surface area contributed by atoms with Crippen molar-refractivity contribution in [1.82, 2.24) is 4.98 Å². The summed E-state index contributed by atoms with van der Waals surface area (Å²) < 4.78 is 0. The highest BCUT2D eigenvalue weighted by Crippen LogP contribution is 2.26. The van der Waals surface area contributed by atoms with Crippen LogP contribution in [0.1, 0.15) is 36.2 Å². The molecule has 98 valence electrons. The number of oxime groups is 1. The van der Waals surface area contributed by atoms with Crippen LogP contribution in [-0.4, -0.2) is 29.1 Å². The lowest BCUT2D eigenvalue weighted by molar-refractivity contribution is 0.318. The Balaban J connectivity index is 2.49. The molecule has 1 fully saturated rings. The summed E-state index contributed by atoms with van der Waals surface area (Å²) in [6.45, 7) is 5.91. The largest absolute Gasteiger partial charge is 0.409 e. The summed E-state index contributed by atoms with van der Waals surface area (Å²) in [5.41, 5.74) is 9.35. The van der Waals surface area contributed by atoms with E-state index in [9.17, 15) is 0 Å². The molecule has 0 radical (unpaired) electrons. The number of nitrogens with zero attached hydrogens (tertiary/aromatic N) is 3. The smallest absolute Gasteiger partial charge is 0.174 e. The second-order valence-electron chi connectivity index (χ2n) is 4.78. The van der Waals surface area contributed by atoms with Crippen molar-refractivity contribution in [1.29, 1.82) is 0 Å². The Labute approximate surface area is 107 Å². The lowest BCUT2D eigenvalue weighted by atomic mass is 10.1. The van der Waals surface area contributed by atoms with Gasteiger partial charge in [-0.25, -0.2) is 0 Å². The highest BCUT2D eigenvalue weighted by Gasteiger charge is 2.19. The predicted octanol–water partition coefficient (Wildman–Crippen LogP) is 1.78. The molecule has 0 unspecified atom stereocenters. The third-order valence-electron chi connectivity index (χ3n) is 3.37. The maximum atomic E-state index is 8.92. The fourth-order valence-electron chi connectivity index (χ4n) is 2.56. The molecular formula is C13H20N4O. The number of nitrogens with two attached hydrogens (primary N) is 1. The summed E-state index contributed by atoms with van der Waals surface area (Å²) in [6.07, 6.45) is 3.66. The van der Waals surface area contributed by atoms with Crippen LogP contribution in [0.15, 0.2) is 11.2 Å². The zero-order valence-corrected chi connectivity index (χ0v) is 11.0. The van der Waals surface area contributed by atoms with E-state index in [2.05, 4.69) is 15.0 Å². The van der Waals surface area contributed by atoms with E-state index >= 15 is 0 Å². The number of aromatic nitrogens is 1. The van der Waals surface area contributed by atoms with Crippen molar-refractivity contribution in [3.8, 4) is 0 Å². The van der Waals surface area contributed by atoms with Crippen LogP contribution in [0.5, 0.6) is 0 Å². The van der Waals surface area contributed by atoms with Crippen LogP contribution >= 0.6 is 0 Å². The molecule has 0 amide bonds. The van der Waals surface area contributed by atoms with Crippen molar-refractivity contribution in [2.75, 3.05) is 18.0 Å². The standard InChI is InChI=1S/C13H20N4O/c1-9-8-11(17-6-4-3-5-7-17)12(10(2)15-9)13(14)16-18/h8,18H,3-7H2,1-2H3,(H2,14,16). The molecule has 0 atom stereocenters. The number of hydrogen-bond acceptors (Lipinski definition) is 4. The van der Waals surface area contributed by atoms with Gasteiger partial charge in [0.25, 0.3) is 0 Å². The van der Waals surface area contributed by atoms with Crippen molar-refractivity contribution < 1.29 is 5.21 Å². The monoisotopic (exact) mass is 248 g/mol. The SMILES string of the molecule is Cc1cc(N2CCCCC2)c(/C(N)=N/O)c(C)n1. The zero-order valence-electron chi connectivity index (χ0n) is 11.0. The Bertz CT molecular complexity index is 464.